The van der Waals surface area contributed by atoms with Crippen molar-refractivity contribution in [2.45, 2.75) is 6.42 Å². The van der Waals surface area contributed by atoms with Crippen molar-refractivity contribution >= 4 is 11.6 Å². The highest BCUT2D eigenvalue weighted by atomic mass is 19.1. The third-order valence-electron chi connectivity index (χ3n) is 2.93. The van der Waals surface area contributed by atoms with E-state index >= 15 is 0 Å². The van der Waals surface area contributed by atoms with Gasteiger partial charge in [-0.15, -0.1) is 0 Å². The first-order valence-electron chi connectivity index (χ1n) is 5.68. The Balaban J connectivity index is 2.11. The molecule has 0 aliphatic carbocycles. The second-order valence-corrected chi connectivity index (χ2v) is 4.29. The van der Waals surface area contributed by atoms with Gasteiger partial charge < -0.3 is 15.8 Å². The maximum atomic E-state index is 13.5. The molecule has 6 heteroatoms. The Hall–Kier alpha value is -1.69. The first-order chi connectivity index (χ1) is 8.58. The number of amides is 1. The molecule has 0 bridgehead atoms. The van der Waals surface area contributed by atoms with Crippen LogP contribution in [0.25, 0.3) is 0 Å². The van der Waals surface area contributed by atoms with Crippen molar-refractivity contribution in [3.05, 3.63) is 29.3 Å². The maximum Gasteiger partial charge on any atom is 0.251 e. The molecule has 2 rings (SSSR count). The number of rotatable bonds is 4. The van der Waals surface area contributed by atoms with Crippen molar-refractivity contribution in [3.8, 4) is 0 Å². The Bertz CT molecular complexity index is 460. The lowest BCUT2D eigenvalue weighted by atomic mass is 10.1. The lowest BCUT2D eigenvalue weighted by Crippen LogP contribution is -2.17. The summed E-state index contributed by atoms with van der Waals surface area (Å²) in [5.74, 6) is -2.31. The molecule has 98 valence electrons. The fourth-order valence-electron chi connectivity index (χ4n) is 1.87. The van der Waals surface area contributed by atoms with Crippen molar-refractivity contribution in [1.29, 1.82) is 0 Å². The van der Waals surface area contributed by atoms with Gasteiger partial charge in [0.25, 0.3) is 5.91 Å². The monoisotopic (exact) mass is 256 g/mol. The van der Waals surface area contributed by atoms with E-state index in [1.54, 1.807) is 0 Å². The number of halogens is 2. The van der Waals surface area contributed by atoms with Crippen LogP contribution in [-0.4, -0.2) is 25.7 Å². The summed E-state index contributed by atoms with van der Waals surface area (Å²) >= 11 is 0. The fraction of sp³-hybridized carbons (Fsp3) is 0.417. The van der Waals surface area contributed by atoms with E-state index in [2.05, 4.69) is 5.32 Å². The van der Waals surface area contributed by atoms with Gasteiger partial charge in [-0.25, -0.2) is 8.78 Å². The molecular weight excluding hydrogens is 242 g/mol. The Morgan fingerprint density at radius 1 is 1.44 bits per heavy atom. The Morgan fingerprint density at radius 3 is 2.83 bits per heavy atom. The number of hydrogen-bond acceptors (Lipinski definition) is 3. The molecule has 0 spiro atoms. The number of benzene rings is 1. The van der Waals surface area contributed by atoms with Crippen LogP contribution in [0.3, 0.4) is 0 Å². The summed E-state index contributed by atoms with van der Waals surface area (Å²) in [7, 11) is 0. The largest absolute Gasteiger partial charge is 0.382 e. The Morgan fingerprint density at radius 2 is 2.22 bits per heavy atom. The van der Waals surface area contributed by atoms with E-state index in [1.807, 2.05) is 0 Å². The van der Waals surface area contributed by atoms with Crippen LogP contribution in [0.4, 0.5) is 14.5 Å². The van der Waals surface area contributed by atoms with E-state index in [0.717, 1.165) is 12.5 Å². The van der Waals surface area contributed by atoms with Gasteiger partial charge in [-0.1, -0.05) is 0 Å². The summed E-state index contributed by atoms with van der Waals surface area (Å²) < 4.78 is 31.9. The van der Waals surface area contributed by atoms with E-state index in [4.69, 9.17) is 10.5 Å². The zero-order valence-corrected chi connectivity index (χ0v) is 9.71. The number of nitrogens with one attached hydrogen (secondary N) is 1. The normalized spacial score (nSPS) is 18.9. The number of nitrogens with two attached hydrogens (primary N) is 1. The van der Waals surface area contributed by atoms with Crippen LogP contribution in [-0.2, 0) is 4.74 Å². The zero-order valence-electron chi connectivity index (χ0n) is 9.71. The van der Waals surface area contributed by atoms with Crippen molar-refractivity contribution in [1.82, 2.24) is 0 Å². The molecule has 0 saturated carbocycles. The third-order valence-corrected chi connectivity index (χ3v) is 2.93. The second-order valence-electron chi connectivity index (χ2n) is 4.29. The number of carbonyl (C=O) groups is 1. The zero-order chi connectivity index (χ0) is 13.1. The fourth-order valence-corrected chi connectivity index (χ4v) is 1.87. The molecule has 1 fully saturated rings. The molecule has 1 saturated heterocycles. The van der Waals surface area contributed by atoms with Crippen LogP contribution in [0.1, 0.15) is 16.8 Å². The molecule has 0 radical (unpaired) electrons. The van der Waals surface area contributed by atoms with Gasteiger partial charge >= 0.3 is 0 Å². The highest BCUT2D eigenvalue weighted by Crippen LogP contribution is 2.21. The summed E-state index contributed by atoms with van der Waals surface area (Å²) in [4.78, 5) is 11.0. The molecule has 1 aromatic rings. The molecule has 1 atom stereocenters. The maximum absolute atomic E-state index is 13.5. The molecule has 3 N–H and O–H groups in total. The molecular formula is C12H14F2N2O2. The van der Waals surface area contributed by atoms with Crippen LogP contribution in [0.2, 0.25) is 0 Å². The number of primary amides is 1. The van der Waals surface area contributed by atoms with Crippen LogP contribution < -0.4 is 11.1 Å². The van der Waals surface area contributed by atoms with Gasteiger partial charge in [0.15, 0.2) is 0 Å². The van der Waals surface area contributed by atoms with Gasteiger partial charge in [-0.2, -0.15) is 0 Å². The minimum Gasteiger partial charge on any atom is -0.382 e. The van der Waals surface area contributed by atoms with Crippen molar-refractivity contribution < 1.29 is 18.3 Å². The number of ether oxygens (including phenoxy) is 1. The first kappa shape index (κ1) is 12.8. The van der Waals surface area contributed by atoms with Crippen LogP contribution in [0, 0.1) is 17.6 Å². The molecule has 4 nitrogen and oxygen atoms in total. The summed E-state index contributed by atoms with van der Waals surface area (Å²) in [5, 5.41) is 2.85. The van der Waals surface area contributed by atoms with E-state index < -0.39 is 17.5 Å². The molecule has 1 aliphatic heterocycles. The number of anilines is 1. The van der Waals surface area contributed by atoms with E-state index in [0.29, 0.717) is 31.7 Å². The molecule has 1 heterocycles. The molecule has 1 aliphatic rings. The minimum atomic E-state index is -0.949. The van der Waals surface area contributed by atoms with Crippen molar-refractivity contribution in [2.24, 2.45) is 11.7 Å². The quantitative estimate of drug-likeness (QED) is 0.858. The lowest BCUT2D eigenvalue weighted by Gasteiger charge is -2.12. The summed E-state index contributed by atoms with van der Waals surface area (Å²) in [6.45, 7) is 1.84. The highest BCUT2D eigenvalue weighted by molar-refractivity contribution is 5.94. The van der Waals surface area contributed by atoms with E-state index in [1.165, 1.54) is 0 Å². The van der Waals surface area contributed by atoms with Gasteiger partial charge in [0.2, 0.25) is 0 Å². The van der Waals surface area contributed by atoms with E-state index in [9.17, 15) is 13.6 Å². The topological polar surface area (TPSA) is 64.4 Å². The second kappa shape index (κ2) is 5.30. The van der Waals surface area contributed by atoms with Gasteiger partial charge in [0.05, 0.1) is 17.9 Å². The van der Waals surface area contributed by atoms with Crippen LogP contribution in [0.5, 0.6) is 0 Å². The Labute approximate surface area is 103 Å². The van der Waals surface area contributed by atoms with Crippen molar-refractivity contribution in [3.63, 3.8) is 0 Å². The predicted octanol–water partition coefficient (Wildman–Crippen LogP) is 1.51. The smallest absolute Gasteiger partial charge is 0.251 e. The van der Waals surface area contributed by atoms with Gasteiger partial charge in [-0.3, -0.25) is 4.79 Å². The third kappa shape index (κ3) is 2.76. The first-order valence-corrected chi connectivity index (χ1v) is 5.68. The summed E-state index contributed by atoms with van der Waals surface area (Å²) in [6.07, 6.45) is 0.901. The highest BCUT2D eigenvalue weighted by Gasteiger charge is 2.17. The SMILES string of the molecule is NC(=O)c1cc(NCC2CCOC2)c(F)cc1F. The molecule has 1 aromatic carbocycles. The summed E-state index contributed by atoms with van der Waals surface area (Å²) in [6, 6.07) is 1.76. The van der Waals surface area contributed by atoms with Gasteiger partial charge in [0, 0.05) is 25.1 Å². The minimum absolute atomic E-state index is 0.0806. The lowest BCUT2D eigenvalue weighted by molar-refractivity contribution is 0.0996. The number of carbonyl (C=O) groups excluding carboxylic acids is 1. The average Bonchev–Trinajstić information content (AvgIpc) is 2.80. The summed E-state index contributed by atoms with van der Waals surface area (Å²) in [5.41, 5.74) is 4.77. The predicted molar refractivity (Wildman–Crippen MR) is 62.3 cm³/mol. The van der Waals surface area contributed by atoms with Crippen LogP contribution >= 0.6 is 0 Å². The van der Waals surface area contributed by atoms with Crippen LogP contribution in [0.15, 0.2) is 12.1 Å². The molecule has 18 heavy (non-hydrogen) atoms. The van der Waals surface area contributed by atoms with Gasteiger partial charge in [0.1, 0.15) is 11.6 Å². The van der Waals surface area contributed by atoms with E-state index in [-0.39, 0.29) is 11.3 Å². The average molecular weight is 256 g/mol. The number of hydrogen-bond donors (Lipinski definition) is 2. The molecule has 0 aromatic heterocycles. The molecule has 1 amide bonds. The van der Waals surface area contributed by atoms with Crippen molar-refractivity contribution in [2.75, 3.05) is 25.1 Å². The Kier molecular flexibility index (Phi) is 3.76. The van der Waals surface area contributed by atoms with Gasteiger partial charge in [-0.05, 0) is 12.5 Å². The molecule has 1 unspecified atom stereocenters. The standard InChI is InChI=1S/C12H14F2N2O2/c13-9-4-10(14)11(3-8(9)12(15)17)16-5-7-1-2-18-6-7/h3-4,7,16H,1-2,5-6H2,(H2,15,17).